The van der Waals surface area contributed by atoms with Gasteiger partial charge in [0.2, 0.25) is 0 Å². The van der Waals surface area contributed by atoms with E-state index in [2.05, 4.69) is 15.0 Å². The highest BCUT2D eigenvalue weighted by Gasteiger charge is 2.27. The molecule has 1 aromatic carbocycles. The molecule has 2 atom stereocenters. The lowest BCUT2D eigenvalue weighted by Crippen LogP contribution is -2.20. The molecule has 1 aliphatic rings. The number of hydrogen-bond acceptors (Lipinski definition) is 7. The molecule has 8 nitrogen and oxygen atoms in total. The summed E-state index contributed by atoms with van der Waals surface area (Å²) in [5, 5.41) is 0. The molecule has 0 spiro atoms. The van der Waals surface area contributed by atoms with E-state index in [0.717, 1.165) is 12.8 Å². The SMILES string of the molecule is NC[C@@H]1CC[C@H](n2cnc3c(N)ncnc32)O1.NCc1ccccc1. The van der Waals surface area contributed by atoms with Gasteiger partial charge in [-0.15, -0.1) is 0 Å². The number of fused-ring (bicyclic) bond motifs is 1. The quantitative estimate of drug-likeness (QED) is 0.652. The van der Waals surface area contributed by atoms with E-state index in [1.807, 2.05) is 34.9 Å². The number of benzene rings is 1. The molecule has 1 saturated heterocycles. The van der Waals surface area contributed by atoms with Crippen LogP contribution in [0.25, 0.3) is 11.2 Å². The number of nitrogens with two attached hydrogens (primary N) is 3. The highest BCUT2D eigenvalue weighted by atomic mass is 16.5. The van der Waals surface area contributed by atoms with Crippen molar-refractivity contribution in [1.29, 1.82) is 0 Å². The summed E-state index contributed by atoms with van der Waals surface area (Å²) in [6.45, 7) is 1.18. The third kappa shape index (κ3) is 3.93. The minimum absolute atomic E-state index is 0.0529. The van der Waals surface area contributed by atoms with Crippen molar-refractivity contribution in [2.24, 2.45) is 11.5 Å². The summed E-state index contributed by atoms with van der Waals surface area (Å²) in [4.78, 5) is 12.3. The van der Waals surface area contributed by atoms with Gasteiger partial charge in [0, 0.05) is 13.1 Å². The number of nitrogens with zero attached hydrogens (tertiary/aromatic N) is 4. The Morgan fingerprint density at radius 1 is 1.08 bits per heavy atom. The van der Waals surface area contributed by atoms with Crippen LogP contribution in [0.2, 0.25) is 0 Å². The third-order valence-corrected chi connectivity index (χ3v) is 4.12. The summed E-state index contributed by atoms with van der Waals surface area (Å²) in [5.74, 6) is 0.391. The number of hydrogen-bond donors (Lipinski definition) is 3. The van der Waals surface area contributed by atoms with Crippen LogP contribution in [0.5, 0.6) is 0 Å². The molecule has 0 aliphatic carbocycles. The van der Waals surface area contributed by atoms with Gasteiger partial charge in [0.05, 0.1) is 12.4 Å². The Labute approximate surface area is 146 Å². The Hall–Kier alpha value is -2.55. The van der Waals surface area contributed by atoms with Crippen LogP contribution in [-0.2, 0) is 11.3 Å². The molecule has 6 N–H and O–H groups in total. The monoisotopic (exact) mass is 341 g/mol. The van der Waals surface area contributed by atoms with Crippen LogP contribution in [0.3, 0.4) is 0 Å². The molecule has 2 aromatic heterocycles. The fraction of sp³-hybridized carbons (Fsp3) is 0.353. The molecule has 4 rings (SSSR count). The fourth-order valence-corrected chi connectivity index (χ4v) is 2.76. The molecule has 25 heavy (non-hydrogen) atoms. The largest absolute Gasteiger partial charge is 0.382 e. The van der Waals surface area contributed by atoms with Gasteiger partial charge in [-0.1, -0.05) is 30.3 Å². The summed E-state index contributed by atoms with van der Waals surface area (Å²) in [5.41, 5.74) is 19.2. The minimum Gasteiger partial charge on any atom is -0.382 e. The zero-order chi connectivity index (χ0) is 17.6. The first kappa shape index (κ1) is 17.3. The molecule has 0 saturated carbocycles. The number of anilines is 1. The number of rotatable bonds is 3. The maximum atomic E-state index is 5.80. The Balaban J connectivity index is 0.000000192. The van der Waals surface area contributed by atoms with Crippen LogP contribution in [-0.4, -0.2) is 32.2 Å². The molecule has 8 heteroatoms. The molecule has 1 fully saturated rings. The minimum atomic E-state index is -0.0529. The Kier molecular flexibility index (Phi) is 5.54. The molecule has 0 bridgehead atoms. The summed E-state index contributed by atoms with van der Waals surface area (Å²) in [6.07, 6.45) is 5.07. The van der Waals surface area contributed by atoms with Gasteiger partial charge < -0.3 is 21.9 Å². The van der Waals surface area contributed by atoms with Gasteiger partial charge >= 0.3 is 0 Å². The number of ether oxygens (including phenoxy) is 1. The number of nitrogen functional groups attached to an aromatic ring is 1. The summed E-state index contributed by atoms with van der Waals surface area (Å²) in [7, 11) is 0. The van der Waals surface area contributed by atoms with Gasteiger partial charge in [0.1, 0.15) is 18.1 Å². The predicted octanol–water partition coefficient (Wildman–Crippen LogP) is 1.19. The van der Waals surface area contributed by atoms with Gasteiger partial charge in [-0.3, -0.25) is 4.57 Å². The van der Waals surface area contributed by atoms with E-state index in [1.165, 1.54) is 11.9 Å². The average molecular weight is 341 g/mol. The normalized spacial score (nSPS) is 19.6. The topological polar surface area (TPSA) is 131 Å². The first-order valence-corrected chi connectivity index (χ1v) is 8.25. The van der Waals surface area contributed by atoms with Crippen LogP contribution in [0.1, 0.15) is 24.6 Å². The third-order valence-electron chi connectivity index (χ3n) is 4.12. The average Bonchev–Trinajstić information content (AvgIpc) is 3.30. The second kappa shape index (κ2) is 8.02. The lowest BCUT2D eigenvalue weighted by molar-refractivity contribution is 0.00866. The summed E-state index contributed by atoms with van der Waals surface area (Å²) >= 11 is 0. The Bertz CT molecular complexity index is 805. The lowest BCUT2D eigenvalue weighted by atomic mass is 10.2. The van der Waals surface area contributed by atoms with Crippen molar-refractivity contribution in [1.82, 2.24) is 19.5 Å². The second-order valence-corrected chi connectivity index (χ2v) is 5.80. The van der Waals surface area contributed by atoms with E-state index in [4.69, 9.17) is 21.9 Å². The molecule has 3 aromatic rings. The fourth-order valence-electron chi connectivity index (χ4n) is 2.76. The van der Waals surface area contributed by atoms with Crippen LogP contribution in [0, 0.1) is 0 Å². The highest BCUT2D eigenvalue weighted by molar-refractivity contribution is 5.81. The molecular weight excluding hydrogens is 318 g/mol. The van der Waals surface area contributed by atoms with E-state index in [-0.39, 0.29) is 12.3 Å². The smallest absolute Gasteiger partial charge is 0.167 e. The van der Waals surface area contributed by atoms with Crippen molar-refractivity contribution in [2.45, 2.75) is 31.7 Å². The van der Waals surface area contributed by atoms with Crippen molar-refractivity contribution in [3.05, 3.63) is 48.5 Å². The van der Waals surface area contributed by atoms with Gasteiger partial charge in [-0.05, 0) is 18.4 Å². The predicted molar refractivity (Wildman–Crippen MR) is 96.3 cm³/mol. The summed E-state index contributed by atoms with van der Waals surface area (Å²) in [6, 6.07) is 9.99. The van der Waals surface area contributed by atoms with E-state index < -0.39 is 0 Å². The summed E-state index contributed by atoms with van der Waals surface area (Å²) < 4.78 is 7.69. The van der Waals surface area contributed by atoms with Gasteiger partial charge in [0.15, 0.2) is 11.5 Å². The lowest BCUT2D eigenvalue weighted by Gasteiger charge is -2.13. The van der Waals surface area contributed by atoms with Crippen LogP contribution in [0.4, 0.5) is 5.82 Å². The Morgan fingerprint density at radius 3 is 2.52 bits per heavy atom. The van der Waals surface area contributed by atoms with E-state index >= 15 is 0 Å². The van der Waals surface area contributed by atoms with Crippen molar-refractivity contribution in [3.63, 3.8) is 0 Å². The maximum Gasteiger partial charge on any atom is 0.167 e. The molecule has 132 valence electrons. The van der Waals surface area contributed by atoms with Crippen molar-refractivity contribution < 1.29 is 4.74 Å². The van der Waals surface area contributed by atoms with E-state index in [9.17, 15) is 0 Å². The maximum absolute atomic E-state index is 5.80. The van der Waals surface area contributed by atoms with E-state index in [1.54, 1.807) is 6.33 Å². The van der Waals surface area contributed by atoms with Gasteiger partial charge in [-0.2, -0.15) is 0 Å². The number of imidazole rings is 1. The highest BCUT2D eigenvalue weighted by Crippen LogP contribution is 2.30. The van der Waals surface area contributed by atoms with Gasteiger partial charge in [-0.25, -0.2) is 15.0 Å². The van der Waals surface area contributed by atoms with E-state index in [0.29, 0.717) is 30.1 Å². The van der Waals surface area contributed by atoms with Crippen LogP contribution < -0.4 is 17.2 Å². The standard InChI is InChI=1S/C10H14N6O.C7H9N/c11-3-6-1-2-7(17-6)16-5-15-8-9(12)13-4-14-10(8)16;8-6-7-4-2-1-3-5-7/h4-7H,1-3,11H2,(H2,12,13,14);1-5H,6,8H2/t6-,7+;/m0./s1. The zero-order valence-electron chi connectivity index (χ0n) is 14.0. The Morgan fingerprint density at radius 2 is 1.88 bits per heavy atom. The molecule has 1 aliphatic heterocycles. The molecule has 0 radical (unpaired) electrons. The number of aromatic nitrogens is 4. The molecule has 3 heterocycles. The van der Waals surface area contributed by atoms with Crippen LogP contribution >= 0.6 is 0 Å². The first-order valence-electron chi connectivity index (χ1n) is 8.25. The van der Waals surface area contributed by atoms with Crippen molar-refractivity contribution in [2.75, 3.05) is 12.3 Å². The van der Waals surface area contributed by atoms with Gasteiger partial charge in [0.25, 0.3) is 0 Å². The van der Waals surface area contributed by atoms with Crippen molar-refractivity contribution >= 4 is 17.0 Å². The molecule has 0 amide bonds. The molecular formula is C17H23N7O. The molecule has 0 unspecified atom stereocenters. The second-order valence-electron chi connectivity index (χ2n) is 5.80. The van der Waals surface area contributed by atoms with Crippen LogP contribution in [0.15, 0.2) is 43.0 Å². The van der Waals surface area contributed by atoms with Crippen molar-refractivity contribution in [3.8, 4) is 0 Å². The first-order chi connectivity index (χ1) is 12.2. The zero-order valence-corrected chi connectivity index (χ0v) is 14.0.